The van der Waals surface area contributed by atoms with Crippen molar-refractivity contribution >= 4 is 31.4 Å². The van der Waals surface area contributed by atoms with Crippen LogP contribution in [-0.2, 0) is 22.8 Å². The second-order valence-corrected chi connectivity index (χ2v) is 11.0. The molecule has 4 aromatic rings. The number of thiazole rings is 1. The molecule has 32 heavy (non-hydrogen) atoms. The molecule has 0 fully saturated rings. The summed E-state index contributed by atoms with van der Waals surface area (Å²) in [6.45, 7) is 4.08. The first-order chi connectivity index (χ1) is 15.4. The minimum Gasteiger partial charge on any atom is -0.439 e. The van der Waals surface area contributed by atoms with Crippen LogP contribution in [0.25, 0.3) is 10.2 Å². The van der Waals surface area contributed by atoms with E-state index in [1.165, 1.54) is 33.7 Å². The molecule has 3 heterocycles. The van der Waals surface area contributed by atoms with E-state index in [0.717, 1.165) is 31.3 Å². The van der Waals surface area contributed by atoms with Gasteiger partial charge < -0.3 is 4.74 Å². The molecule has 8 heteroatoms. The lowest BCUT2D eigenvalue weighted by Crippen LogP contribution is -2.32. The number of fused-ring (bicyclic) bond motifs is 2. The lowest BCUT2D eigenvalue weighted by molar-refractivity contribution is 0.192. The van der Waals surface area contributed by atoms with Crippen molar-refractivity contribution in [3.05, 3.63) is 76.9 Å². The number of nitrogens with zero attached hydrogens (tertiary/aromatic N) is 3. The molecule has 0 amide bonds. The Labute approximate surface area is 191 Å². The third-order valence-corrected chi connectivity index (χ3v) is 7.87. The molecular formula is C24H23N3O3S2. The van der Waals surface area contributed by atoms with Crippen LogP contribution >= 0.6 is 11.3 Å². The maximum Gasteiger partial charge on any atom is 0.219 e. The molecule has 6 nitrogen and oxygen atoms in total. The number of hydrogen-bond donors (Lipinski definition) is 0. The smallest absolute Gasteiger partial charge is 0.219 e. The van der Waals surface area contributed by atoms with E-state index in [2.05, 4.69) is 52.1 Å². The van der Waals surface area contributed by atoms with Gasteiger partial charge in [-0.05, 0) is 60.4 Å². The standard InChI is InChI=1S/C24H23N3O3S2/c1-16(18-4-7-23-22(12-18)26-15-31-23)27-10-9-17-3-5-20(11-19(17)14-27)30-24-8-6-21(13-25-24)32(2,28)29/h3-8,11-13,15-16H,9-10,14H2,1-2H3. The third-order valence-electron chi connectivity index (χ3n) is 5.96. The number of pyridine rings is 1. The number of ether oxygens (including phenoxy) is 1. The maximum atomic E-state index is 11.6. The predicted molar refractivity (Wildman–Crippen MR) is 126 cm³/mol. The van der Waals surface area contributed by atoms with Crippen LogP contribution in [-0.4, -0.2) is 36.1 Å². The Morgan fingerprint density at radius 3 is 2.72 bits per heavy atom. The summed E-state index contributed by atoms with van der Waals surface area (Å²) in [5, 5.41) is 0. The summed E-state index contributed by atoms with van der Waals surface area (Å²) >= 11 is 1.66. The van der Waals surface area contributed by atoms with Crippen molar-refractivity contribution in [1.82, 2.24) is 14.9 Å². The molecule has 1 atom stereocenters. The molecular weight excluding hydrogens is 442 g/mol. The van der Waals surface area contributed by atoms with Crippen molar-refractivity contribution < 1.29 is 13.2 Å². The quantitative estimate of drug-likeness (QED) is 0.413. The SMILES string of the molecule is CC(c1ccc2scnc2c1)N1CCc2ccc(Oc3ccc(S(C)(=O)=O)cn3)cc2C1. The van der Waals surface area contributed by atoms with Crippen LogP contribution in [0.2, 0.25) is 0 Å². The zero-order valence-corrected chi connectivity index (χ0v) is 19.5. The second-order valence-electron chi connectivity index (χ2n) is 8.11. The molecule has 2 aromatic carbocycles. The van der Waals surface area contributed by atoms with Gasteiger partial charge in [-0.15, -0.1) is 11.3 Å². The van der Waals surface area contributed by atoms with Crippen LogP contribution in [0.5, 0.6) is 11.6 Å². The fourth-order valence-electron chi connectivity index (χ4n) is 4.06. The van der Waals surface area contributed by atoms with Crippen LogP contribution in [0.15, 0.2) is 65.1 Å². The van der Waals surface area contributed by atoms with E-state index in [1.807, 2.05) is 11.6 Å². The molecule has 2 aromatic heterocycles. The molecule has 0 radical (unpaired) electrons. The molecule has 0 spiro atoms. The first-order valence-electron chi connectivity index (χ1n) is 10.4. The highest BCUT2D eigenvalue weighted by Gasteiger charge is 2.22. The van der Waals surface area contributed by atoms with Gasteiger partial charge in [0, 0.05) is 37.7 Å². The highest BCUT2D eigenvalue weighted by atomic mass is 32.2. The first-order valence-corrected chi connectivity index (χ1v) is 13.2. The molecule has 5 rings (SSSR count). The third kappa shape index (κ3) is 4.26. The molecule has 1 aliphatic rings. The first kappa shape index (κ1) is 21.1. The van der Waals surface area contributed by atoms with Crippen molar-refractivity contribution in [2.75, 3.05) is 12.8 Å². The largest absolute Gasteiger partial charge is 0.439 e. The molecule has 0 saturated carbocycles. The van der Waals surface area contributed by atoms with Gasteiger partial charge in [-0.25, -0.2) is 18.4 Å². The molecule has 0 N–H and O–H groups in total. The minimum absolute atomic E-state index is 0.177. The molecule has 1 aliphatic heterocycles. The molecule has 0 aliphatic carbocycles. The number of rotatable bonds is 5. The summed E-state index contributed by atoms with van der Waals surface area (Å²) < 4.78 is 30.3. The Morgan fingerprint density at radius 2 is 1.94 bits per heavy atom. The Bertz CT molecular complexity index is 1380. The maximum absolute atomic E-state index is 11.6. The topological polar surface area (TPSA) is 72.4 Å². The van der Waals surface area contributed by atoms with E-state index < -0.39 is 9.84 Å². The van der Waals surface area contributed by atoms with Gasteiger partial charge in [0.25, 0.3) is 0 Å². The van der Waals surface area contributed by atoms with Crippen molar-refractivity contribution in [3.8, 4) is 11.6 Å². The van der Waals surface area contributed by atoms with Crippen molar-refractivity contribution in [2.45, 2.75) is 30.8 Å². The molecule has 1 unspecified atom stereocenters. The van der Waals surface area contributed by atoms with Crippen LogP contribution in [0.3, 0.4) is 0 Å². The van der Waals surface area contributed by atoms with Gasteiger partial charge in [0.05, 0.1) is 20.6 Å². The summed E-state index contributed by atoms with van der Waals surface area (Å²) in [5.74, 6) is 1.07. The monoisotopic (exact) mass is 465 g/mol. The van der Waals surface area contributed by atoms with Gasteiger partial charge in [0.2, 0.25) is 5.88 Å². The van der Waals surface area contributed by atoms with E-state index in [-0.39, 0.29) is 10.9 Å². The summed E-state index contributed by atoms with van der Waals surface area (Å²) in [5.41, 5.74) is 6.79. The minimum atomic E-state index is -3.28. The van der Waals surface area contributed by atoms with Crippen LogP contribution < -0.4 is 4.74 Å². The zero-order valence-electron chi connectivity index (χ0n) is 17.9. The fourth-order valence-corrected chi connectivity index (χ4v) is 5.28. The van der Waals surface area contributed by atoms with E-state index in [4.69, 9.17) is 4.74 Å². The highest BCUT2D eigenvalue weighted by molar-refractivity contribution is 7.90. The molecule has 164 valence electrons. The van der Waals surface area contributed by atoms with Crippen molar-refractivity contribution in [1.29, 1.82) is 0 Å². The van der Waals surface area contributed by atoms with Crippen LogP contribution in [0.1, 0.15) is 29.7 Å². The van der Waals surface area contributed by atoms with E-state index in [1.54, 1.807) is 17.4 Å². The van der Waals surface area contributed by atoms with Gasteiger partial charge >= 0.3 is 0 Å². The van der Waals surface area contributed by atoms with E-state index in [0.29, 0.717) is 11.6 Å². The Hall–Kier alpha value is -2.81. The van der Waals surface area contributed by atoms with Crippen LogP contribution in [0, 0.1) is 0 Å². The predicted octanol–water partition coefficient (Wildman–Crippen LogP) is 5.01. The zero-order chi connectivity index (χ0) is 22.3. The van der Waals surface area contributed by atoms with Gasteiger partial charge in [-0.3, -0.25) is 4.90 Å². The normalized spacial score (nSPS) is 15.4. The lowest BCUT2D eigenvalue weighted by Gasteiger charge is -2.34. The second kappa shape index (κ2) is 8.27. The number of sulfone groups is 1. The average Bonchev–Trinajstić information content (AvgIpc) is 3.26. The van der Waals surface area contributed by atoms with Gasteiger partial charge in [0.1, 0.15) is 5.75 Å². The lowest BCUT2D eigenvalue weighted by atomic mass is 9.96. The number of benzene rings is 2. The highest BCUT2D eigenvalue weighted by Crippen LogP contribution is 2.32. The Balaban J connectivity index is 1.33. The van der Waals surface area contributed by atoms with Crippen molar-refractivity contribution in [2.24, 2.45) is 0 Å². The van der Waals surface area contributed by atoms with Crippen LogP contribution in [0.4, 0.5) is 0 Å². The number of aromatic nitrogens is 2. The van der Waals surface area contributed by atoms with Gasteiger partial charge in [-0.2, -0.15) is 0 Å². The van der Waals surface area contributed by atoms with E-state index >= 15 is 0 Å². The Kier molecular flexibility index (Phi) is 5.44. The van der Waals surface area contributed by atoms with Crippen molar-refractivity contribution in [3.63, 3.8) is 0 Å². The van der Waals surface area contributed by atoms with Gasteiger partial charge in [0.15, 0.2) is 9.84 Å². The summed E-state index contributed by atoms with van der Waals surface area (Å²) in [6, 6.07) is 16.0. The molecule has 0 saturated heterocycles. The number of hydrogen-bond acceptors (Lipinski definition) is 7. The average molecular weight is 466 g/mol. The Morgan fingerprint density at radius 1 is 1.06 bits per heavy atom. The van der Waals surface area contributed by atoms with Gasteiger partial charge in [-0.1, -0.05) is 12.1 Å². The molecule has 0 bridgehead atoms. The summed E-state index contributed by atoms with van der Waals surface area (Å²) in [4.78, 5) is 11.2. The summed E-state index contributed by atoms with van der Waals surface area (Å²) in [7, 11) is -3.28. The summed E-state index contributed by atoms with van der Waals surface area (Å²) in [6.07, 6.45) is 3.47. The fraction of sp³-hybridized carbons (Fsp3) is 0.250. The van der Waals surface area contributed by atoms with E-state index in [9.17, 15) is 8.42 Å².